The Hall–Kier alpha value is -3.72. The van der Waals surface area contributed by atoms with Gasteiger partial charge < -0.3 is 20.7 Å². The lowest BCUT2D eigenvalue weighted by Crippen LogP contribution is -2.48. The molecule has 0 saturated carbocycles. The van der Waals surface area contributed by atoms with Crippen LogP contribution in [0.15, 0.2) is 66.3 Å². The van der Waals surface area contributed by atoms with Gasteiger partial charge in [0.15, 0.2) is 0 Å². The first-order valence-corrected chi connectivity index (χ1v) is 18.3. The topological polar surface area (TPSA) is 120 Å². The highest BCUT2D eigenvalue weighted by atomic mass is 32.2. The lowest BCUT2D eigenvalue weighted by molar-refractivity contribution is -0.275. The smallest absolute Gasteiger partial charge is 0.405 e. The molecule has 2 saturated heterocycles. The third kappa shape index (κ3) is 9.71. The molecule has 0 spiro atoms. The molecular weight excluding hydrogens is 659 g/mol. The van der Waals surface area contributed by atoms with Crippen LogP contribution in [0.2, 0.25) is 0 Å². The van der Waals surface area contributed by atoms with Gasteiger partial charge in [-0.15, -0.1) is 13.2 Å². The van der Waals surface area contributed by atoms with Gasteiger partial charge in [-0.25, -0.2) is 8.42 Å². The fraction of sp³-hybridized carbons (Fsp3) is 0.486. The van der Waals surface area contributed by atoms with Crippen molar-refractivity contribution < 1.29 is 35.9 Å². The fourth-order valence-electron chi connectivity index (χ4n) is 6.38. The van der Waals surface area contributed by atoms with Crippen molar-refractivity contribution in [3.8, 4) is 5.75 Å². The maximum absolute atomic E-state index is 13.4. The number of hydrogen-bond donors (Lipinski definition) is 3. The number of halogens is 3. The summed E-state index contributed by atoms with van der Waals surface area (Å²) in [5.74, 6) is -0.816. The van der Waals surface area contributed by atoms with Gasteiger partial charge >= 0.3 is 6.36 Å². The van der Waals surface area contributed by atoms with Crippen LogP contribution in [0.1, 0.15) is 57.1 Å². The molecule has 3 N–H and O–H groups in total. The van der Waals surface area contributed by atoms with Crippen molar-refractivity contribution in [3.63, 3.8) is 0 Å². The molecule has 14 heteroatoms. The van der Waals surface area contributed by atoms with E-state index in [4.69, 9.17) is 0 Å². The van der Waals surface area contributed by atoms with Crippen molar-refractivity contribution in [3.05, 3.63) is 77.4 Å². The summed E-state index contributed by atoms with van der Waals surface area (Å²) in [5.41, 5.74) is 1.61. The standard InChI is InChI=1S/C35H44F3N5O5S/c1-3-22-49(46,47)43-20-18-42(19-21-43)24-25-7-9-27(10-8-25)40-32(44)26-13-15-34(2,16-14-26)29-23-28(11-12-31(29)48-35(36,37)38)41-33(45)30-6-4-5-17-39-30/h7-15,23,30,39H,3-6,16-22,24H2,1-2H3,(H,40,44)(H,41,45). The Morgan fingerprint density at radius 1 is 1.02 bits per heavy atom. The summed E-state index contributed by atoms with van der Waals surface area (Å²) in [7, 11) is -3.20. The minimum absolute atomic E-state index is 0.164. The van der Waals surface area contributed by atoms with E-state index in [0.717, 1.165) is 24.9 Å². The van der Waals surface area contributed by atoms with Crippen LogP contribution in [0.5, 0.6) is 5.75 Å². The number of piperidine rings is 1. The summed E-state index contributed by atoms with van der Waals surface area (Å²) in [5, 5.41) is 8.86. The van der Waals surface area contributed by atoms with Crippen LogP contribution in [0.3, 0.4) is 0 Å². The molecule has 2 unspecified atom stereocenters. The molecule has 266 valence electrons. The van der Waals surface area contributed by atoms with Crippen molar-refractivity contribution >= 4 is 33.2 Å². The average Bonchev–Trinajstić information content (AvgIpc) is 3.06. The van der Waals surface area contributed by atoms with Gasteiger partial charge in [-0.1, -0.05) is 50.6 Å². The first-order valence-electron chi connectivity index (χ1n) is 16.7. The molecule has 2 heterocycles. The number of piperazine rings is 1. The largest absolute Gasteiger partial charge is 0.573 e. The van der Waals surface area contributed by atoms with Crippen LogP contribution >= 0.6 is 0 Å². The number of benzene rings is 2. The summed E-state index contributed by atoms with van der Waals surface area (Å²) in [4.78, 5) is 28.1. The van der Waals surface area contributed by atoms with Crippen molar-refractivity contribution in [2.75, 3.05) is 49.1 Å². The predicted molar refractivity (Wildman–Crippen MR) is 183 cm³/mol. The highest BCUT2D eigenvalue weighted by molar-refractivity contribution is 7.89. The number of carbonyl (C=O) groups excluding carboxylic acids is 2. The summed E-state index contributed by atoms with van der Waals surface area (Å²) in [6, 6.07) is 11.2. The van der Waals surface area contributed by atoms with E-state index in [1.807, 2.05) is 19.1 Å². The molecule has 3 aliphatic rings. The molecule has 0 radical (unpaired) electrons. The first kappa shape index (κ1) is 36.6. The van der Waals surface area contributed by atoms with Crippen LogP contribution in [-0.4, -0.2) is 80.3 Å². The Balaban J connectivity index is 1.20. The summed E-state index contributed by atoms with van der Waals surface area (Å²) < 4.78 is 70.7. The molecule has 2 atom stereocenters. The van der Waals surface area contributed by atoms with Crippen LogP contribution in [0, 0.1) is 0 Å². The number of nitrogens with one attached hydrogen (secondary N) is 3. The molecule has 0 bridgehead atoms. The second-order valence-corrected chi connectivity index (χ2v) is 15.1. The van der Waals surface area contributed by atoms with Gasteiger partial charge in [0.1, 0.15) is 5.75 Å². The molecule has 2 fully saturated rings. The molecule has 2 aromatic rings. The Morgan fingerprint density at radius 3 is 2.35 bits per heavy atom. The third-order valence-corrected chi connectivity index (χ3v) is 11.2. The summed E-state index contributed by atoms with van der Waals surface area (Å²) >= 11 is 0. The lowest BCUT2D eigenvalue weighted by Gasteiger charge is -2.34. The van der Waals surface area contributed by atoms with Gasteiger partial charge in [0.25, 0.3) is 5.91 Å². The van der Waals surface area contributed by atoms with E-state index >= 15 is 0 Å². The number of anilines is 2. The van der Waals surface area contributed by atoms with E-state index in [0.29, 0.717) is 62.5 Å². The highest BCUT2D eigenvalue weighted by Gasteiger charge is 2.36. The Morgan fingerprint density at radius 2 is 1.73 bits per heavy atom. The molecule has 1 aliphatic carbocycles. The van der Waals surface area contributed by atoms with Crippen molar-refractivity contribution in [2.24, 2.45) is 0 Å². The van der Waals surface area contributed by atoms with Crippen LogP contribution in [0.25, 0.3) is 0 Å². The van der Waals surface area contributed by atoms with E-state index < -0.39 is 21.8 Å². The molecule has 2 aromatic carbocycles. The van der Waals surface area contributed by atoms with E-state index in [-0.39, 0.29) is 41.3 Å². The van der Waals surface area contributed by atoms with Crippen LogP contribution in [-0.2, 0) is 31.6 Å². The van der Waals surface area contributed by atoms with Gasteiger partial charge in [0.05, 0.1) is 11.8 Å². The van der Waals surface area contributed by atoms with Gasteiger partial charge in [-0.3, -0.25) is 14.5 Å². The molecule has 10 nitrogen and oxygen atoms in total. The first-order chi connectivity index (χ1) is 23.2. The minimum atomic E-state index is -4.91. The van der Waals surface area contributed by atoms with E-state index in [1.165, 1.54) is 18.2 Å². The SMILES string of the molecule is CCCS(=O)(=O)N1CCN(Cc2ccc(NC(=O)C3=CCC(C)(c4cc(NC(=O)C5CCCCN5)ccc4OC(F)(F)F)C=C3)cc2)CC1. The Labute approximate surface area is 285 Å². The van der Waals surface area contributed by atoms with Crippen LogP contribution in [0.4, 0.5) is 24.5 Å². The molecular formula is C35H44F3N5O5S. The van der Waals surface area contributed by atoms with Gasteiger partial charge in [0, 0.05) is 60.7 Å². The minimum Gasteiger partial charge on any atom is -0.405 e. The lowest BCUT2D eigenvalue weighted by atomic mass is 9.75. The normalized spacial score (nSPS) is 22.3. The van der Waals surface area contributed by atoms with Crippen LogP contribution < -0.4 is 20.7 Å². The number of rotatable bonds is 11. The Kier molecular flexibility index (Phi) is 11.5. The second kappa shape index (κ2) is 15.4. The fourth-order valence-corrected chi connectivity index (χ4v) is 7.87. The van der Waals surface area contributed by atoms with E-state index in [2.05, 4.69) is 25.6 Å². The number of sulfonamides is 1. The van der Waals surface area contributed by atoms with Gasteiger partial charge in [-0.2, -0.15) is 4.31 Å². The molecule has 49 heavy (non-hydrogen) atoms. The van der Waals surface area contributed by atoms with Crippen molar-refractivity contribution in [1.29, 1.82) is 0 Å². The second-order valence-electron chi connectivity index (χ2n) is 13.0. The van der Waals surface area contributed by atoms with Gasteiger partial charge in [-0.05, 0) is 68.1 Å². The van der Waals surface area contributed by atoms with Gasteiger partial charge in [0.2, 0.25) is 15.9 Å². The zero-order valence-electron chi connectivity index (χ0n) is 27.8. The quantitative estimate of drug-likeness (QED) is 0.291. The highest BCUT2D eigenvalue weighted by Crippen LogP contribution is 2.42. The molecule has 2 amide bonds. The molecule has 5 rings (SSSR count). The number of hydrogen-bond acceptors (Lipinski definition) is 7. The number of allylic oxidation sites excluding steroid dienone is 2. The molecule has 2 aliphatic heterocycles. The maximum Gasteiger partial charge on any atom is 0.573 e. The number of carbonyl (C=O) groups is 2. The summed E-state index contributed by atoms with van der Waals surface area (Å²) in [6.45, 7) is 7.21. The van der Waals surface area contributed by atoms with E-state index in [9.17, 15) is 31.2 Å². The monoisotopic (exact) mass is 703 g/mol. The summed E-state index contributed by atoms with van der Waals surface area (Å²) in [6.07, 6.45) is 3.43. The maximum atomic E-state index is 13.4. The zero-order valence-corrected chi connectivity index (χ0v) is 28.6. The van der Waals surface area contributed by atoms with Crippen molar-refractivity contribution in [1.82, 2.24) is 14.5 Å². The van der Waals surface area contributed by atoms with E-state index in [1.54, 1.807) is 41.6 Å². The predicted octanol–water partition coefficient (Wildman–Crippen LogP) is 5.31. The average molecular weight is 704 g/mol. The van der Waals surface area contributed by atoms with Crippen molar-refractivity contribution in [2.45, 2.75) is 70.3 Å². The molecule has 0 aromatic heterocycles. The number of ether oxygens (including phenoxy) is 1. The number of alkyl halides is 3. The number of amides is 2. The third-order valence-electron chi connectivity index (χ3n) is 9.16. The number of nitrogens with zero attached hydrogens (tertiary/aromatic N) is 2. The Bertz CT molecular complexity index is 1670. The zero-order chi connectivity index (χ0) is 35.2.